The normalized spacial score (nSPS) is 21.1. The third-order valence-corrected chi connectivity index (χ3v) is 9.54. The Labute approximate surface area is 284 Å². The number of carbonyl (C=O) groups excluding carboxylic acids is 1. The summed E-state index contributed by atoms with van der Waals surface area (Å²) in [4.78, 5) is 20.7. The number of rotatable bonds is 3. The molecule has 7 rings (SSSR count). The van der Waals surface area contributed by atoms with E-state index in [2.05, 4.69) is 68.1 Å². The summed E-state index contributed by atoms with van der Waals surface area (Å²) in [6.45, 7) is 16.4. The highest BCUT2D eigenvalue weighted by molar-refractivity contribution is 5.81. The van der Waals surface area contributed by atoms with Gasteiger partial charge < -0.3 is 23.8 Å². The summed E-state index contributed by atoms with van der Waals surface area (Å²) in [5, 5.41) is 5.19. The fourth-order valence-corrected chi connectivity index (χ4v) is 6.96. The number of aromatic nitrogens is 3. The number of methoxy groups -OCH3 is 1. The van der Waals surface area contributed by atoms with Crippen LogP contribution in [-0.4, -0.2) is 64.7 Å². The highest BCUT2D eigenvalue weighted by Crippen LogP contribution is 2.40. The number of aryl methyl sites for hydroxylation is 2. The van der Waals surface area contributed by atoms with Crippen molar-refractivity contribution in [1.82, 2.24) is 14.6 Å². The lowest BCUT2D eigenvalue weighted by atomic mass is 9.92. The van der Waals surface area contributed by atoms with E-state index in [9.17, 15) is 4.79 Å². The number of hydrogen-bond donors (Lipinski definition) is 0. The molecule has 5 heterocycles. The molecule has 2 aromatic heterocycles. The first-order valence-electron chi connectivity index (χ1n) is 17.3. The fourth-order valence-electron chi connectivity index (χ4n) is 6.96. The highest BCUT2D eigenvalue weighted by Gasteiger charge is 2.38. The van der Waals surface area contributed by atoms with E-state index in [1.165, 1.54) is 7.11 Å². The van der Waals surface area contributed by atoms with Crippen molar-refractivity contribution in [3.63, 3.8) is 0 Å². The van der Waals surface area contributed by atoms with Gasteiger partial charge in [-0.1, -0.05) is 30.3 Å². The van der Waals surface area contributed by atoms with Crippen LogP contribution in [0, 0.1) is 13.8 Å². The van der Waals surface area contributed by atoms with Crippen LogP contribution in [0.3, 0.4) is 0 Å². The van der Waals surface area contributed by atoms with E-state index >= 15 is 0 Å². The molecule has 6 bridgehead atoms. The van der Waals surface area contributed by atoms with Crippen LogP contribution in [0.4, 0.5) is 5.82 Å². The molecule has 48 heavy (non-hydrogen) atoms. The van der Waals surface area contributed by atoms with Crippen LogP contribution in [0.25, 0.3) is 28.0 Å². The van der Waals surface area contributed by atoms with Gasteiger partial charge in [0.15, 0.2) is 11.8 Å². The van der Waals surface area contributed by atoms with Gasteiger partial charge in [-0.05, 0) is 104 Å². The van der Waals surface area contributed by atoms with Gasteiger partial charge in [-0.2, -0.15) is 9.61 Å². The summed E-state index contributed by atoms with van der Waals surface area (Å²) in [6.07, 6.45) is 3.74. The third kappa shape index (κ3) is 7.08. The summed E-state index contributed by atoms with van der Waals surface area (Å²) in [6, 6.07) is 16.7. The van der Waals surface area contributed by atoms with Crippen molar-refractivity contribution in [3.05, 3.63) is 65.4 Å². The Hall–Kier alpha value is -3.95. The van der Waals surface area contributed by atoms with E-state index in [4.69, 9.17) is 29.0 Å². The van der Waals surface area contributed by atoms with Gasteiger partial charge in [0.1, 0.15) is 11.6 Å². The summed E-state index contributed by atoms with van der Waals surface area (Å²) in [5.74, 6) is 1.22. The Morgan fingerprint density at radius 1 is 1.04 bits per heavy atom. The molecule has 3 aliphatic rings. The maximum Gasteiger partial charge on any atom is 0.339 e. The Morgan fingerprint density at radius 2 is 1.77 bits per heavy atom. The molecule has 0 N–H and O–H groups in total. The molecule has 1 saturated heterocycles. The second-order valence-electron chi connectivity index (χ2n) is 14.6. The molecule has 0 unspecified atom stereocenters. The van der Waals surface area contributed by atoms with Crippen LogP contribution >= 0.6 is 0 Å². The summed E-state index contributed by atoms with van der Waals surface area (Å²) in [7, 11) is 1.40. The molecule has 0 spiro atoms. The number of carbonyl (C=O) groups is 1. The predicted octanol–water partition coefficient (Wildman–Crippen LogP) is 8.04. The van der Waals surface area contributed by atoms with Crippen molar-refractivity contribution in [3.8, 4) is 28.1 Å². The maximum atomic E-state index is 13.4. The van der Waals surface area contributed by atoms with Crippen LogP contribution in [0.5, 0.6) is 5.75 Å². The zero-order valence-electron chi connectivity index (χ0n) is 29.8. The molecule has 0 aliphatic carbocycles. The third-order valence-electron chi connectivity index (χ3n) is 9.54. The van der Waals surface area contributed by atoms with E-state index in [1.54, 1.807) is 0 Å². The molecule has 3 aliphatic heterocycles. The molecule has 2 atom stereocenters. The lowest BCUT2D eigenvalue weighted by Gasteiger charge is -2.41. The fraction of sp³-hybridized carbons (Fsp3) is 0.513. The van der Waals surface area contributed by atoms with Crippen LogP contribution in [0.15, 0.2) is 48.5 Å². The van der Waals surface area contributed by atoms with E-state index in [-0.39, 0.29) is 11.7 Å². The van der Waals surface area contributed by atoms with Crippen molar-refractivity contribution in [1.29, 1.82) is 0 Å². The van der Waals surface area contributed by atoms with Gasteiger partial charge in [0.25, 0.3) is 0 Å². The van der Waals surface area contributed by atoms with Gasteiger partial charge in [0.05, 0.1) is 35.7 Å². The van der Waals surface area contributed by atoms with Gasteiger partial charge in [0, 0.05) is 42.6 Å². The Balaban J connectivity index is 1.55. The second kappa shape index (κ2) is 13.5. The molecule has 0 saturated carbocycles. The standard InChI is InChI=1S/C39H50N4O5/c1-25-13-11-17-31-33(25)29-16-12-15-28(23-29)30-24-32-40-27(3)34(35(37(44)45-8)48-38(4,5)6)36(43(32)41-30)42-20-18-39(7,19-21-42)46-22-10-9-14-26(2)47-31/h11-13,15-17,23-24,26,35H,9-10,14,18-22H2,1-8H3/t26-,35-/m0/s1. The van der Waals surface area contributed by atoms with Crippen molar-refractivity contribution in [2.45, 2.75) is 104 Å². The summed E-state index contributed by atoms with van der Waals surface area (Å²) >= 11 is 0. The minimum absolute atomic E-state index is 0.0783. The Bertz CT molecular complexity index is 1780. The van der Waals surface area contributed by atoms with Gasteiger partial charge in [-0.15, -0.1) is 0 Å². The largest absolute Gasteiger partial charge is 0.490 e. The van der Waals surface area contributed by atoms with E-state index in [1.807, 2.05) is 38.3 Å². The zero-order valence-corrected chi connectivity index (χ0v) is 29.8. The van der Waals surface area contributed by atoms with Gasteiger partial charge in [0.2, 0.25) is 0 Å². The number of ether oxygens (including phenoxy) is 4. The number of fused-ring (bicyclic) bond motifs is 8. The van der Waals surface area contributed by atoms with Crippen molar-refractivity contribution >= 4 is 17.4 Å². The molecular formula is C39H50N4O5. The average Bonchev–Trinajstić information content (AvgIpc) is 3.46. The molecule has 9 nitrogen and oxygen atoms in total. The zero-order chi connectivity index (χ0) is 34.2. The van der Waals surface area contributed by atoms with Gasteiger partial charge in [-0.25, -0.2) is 9.78 Å². The summed E-state index contributed by atoms with van der Waals surface area (Å²) in [5.41, 5.74) is 6.29. The van der Waals surface area contributed by atoms with Gasteiger partial charge >= 0.3 is 5.97 Å². The number of piperidine rings is 1. The summed E-state index contributed by atoms with van der Waals surface area (Å²) < 4.78 is 26.8. The quantitative estimate of drug-likeness (QED) is 0.205. The molecule has 4 aromatic rings. The van der Waals surface area contributed by atoms with E-state index < -0.39 is 17.7 Å². The monoisotopic (exact) mass is 654 g/mol. The number of benzene rings is 2. The molecular weight excluding hydrogens is 604 g/mol. The maximum absolute atomic E-state index is 13.4. The van der Waals surface area contributed by atoms with Crippen LogP contribution < -0.4 is 9.64 Å². The smallest absolute Gasteiger partial charge is 0.339 e. The first-order valence-corrected chi connectivity index (χ1v) is 17.3. The number of anilines is 1. The van der Waals surface area contributed by atoms with Crippen LogP contribution in [0.2, 0.25) is 0 Å². The van der Waals surface area contributed by atoms with Crippen LogP contribution in [0.1, 0.15) is 89.6 Å². The van der Waals surface area contributed by atoms with Crippen molar-refractivity contribution in [2.24, 2.45) is 0 Å². The van der Waals surface area contributed by atoms with Crippen molar-refractivity contribution in [2.75, 3.05) is 31.7 Å². The van der Waals surface area contributed by atoms with E-state index in [0.717, 1.165) is 84.7 Å². The molecule has 0 radical (unpaired) electrons. The molecule has 0 amide bonds. The minimum Gasteiger partial charge on any atom is -0.490 e. The SMILES string of the molecule is COC(=O)[C@@H](OC(C)(C)C)c1c(C)nc2cc3nn2c1N1CCC(C)(CC1)OCCCC[C@H](C)Oc1cccc(C)c1-c1cccc-3c1. The number of esters is 1. The lowest BCUT2D eigenvalue weighted by Crippen LogP contribution is -2.46. The topological polar surface area (TPSA) is 87.4 Å². The van der Waals surface area contributed by atoms with Crippen molar-refractivity contribution < 1.29 is 23.7 Å². The number of hydrogen-bond acceptors (Lipinski definition) is 8. The van der Waals surface area contributed by atoms with E-state index in [0.29, 0.717) is 23.5 Å². The Kier molecular flexibility index (Phi) is 9.55. The molecule has 256 valence electrons. The second-order valence-corrected chi connectivity index (χ2v) is 14.6. The first kappa shape index (κ1) is 33.9. The molecule has 2 aromatic carbocycles. The minimum atomic E-state index is -0.977. The average molecular weight is 655 g/mol. The Morgan fingerprint density at radius 3 is 2.50 bits per heavy atom. The van der Waals surface area contributed by atoms with Crippen LogP contribution in [-0.2, 0) is 19.0 Å². The molecule has 1 fully saturated rings. The lowest BCUT2D eigenvalue weighted by molar-refractivity contribution is -0.164. The predicted molar refractivity (Wildman–Crippen MR) is 189 cm³/mol. The van der Waals surface area contributed by atoms with Gasteiger partial charge in [-0.3, -0.25) is 0 Å². The first-order chi connectivity index (χ1) is 22.9. The number of nitrogens with zero attached hydrogens (tertiary/aromatic N) is 4. The highest BCUT2D eigenvalue weighted by atomic mass is 16.6. The molecule has 9 heteroatoms.